The van der Waals surface area contributed by atoms with Crippen LogP contribution in [0.1, 0.15) is 44.6 Å². The molecule has 5 unspecified atom stereocenters. The lowest BCUT2D eigenvalue weighted by atomic mass is 9.84. The van der Waals surface area contributed by atoms with Crippen molar-refractivity contribution in [3.8, 4) is 0 Å². The van der Waals surface area contributed by atoms with Gasteiger partial charge in [-0.25, -0.2) is 0 Å². The highest BCUT2D eigenvalue weighted by molar-refractivity contribution is 5.85. The standard InChI is InChI=1S/C19H28N2O.ClH/c1-2-6-16(11-13-7-4-3-5-8-13)21-19(22)17-14-9-10-15(12-14)18(17)20;/h3-5,7-8,14-18H,2,6,9-12,20H2,1H3,(H,21,22);1H. The van der Waals surface area contributed by atoms with E-state index in [4.69, 9.17) is 5.73 Å². The number of rotatable bonds is 6. The lowest BCUT2D eigenvalue weighted by Crippen LogP contribution is -2.48. The van der Waals surface area contributed by atoms with Gasteiger partial charge in [0.15, 0.2) is 0 Å². The zero-order chi connectivity index (χ0) is 15.5. The molecule has 0 spiro atoms. The molecule has 23 heavy (non-hydrogen) atoms. The molecule has 2 aliphatic carbocycles. The van der Waals surface area contributed by atoms with E-state index < -0.39 is 0 Å². The summed E-state index contributed by atoms with van der Waals surface area (Å²) >= 11 is 0. The fourth-order valence-electron chi connectivity index (χ4n) is 4.49. The van der Waals surface area contributed by atoms with Gasteiger partial charge in [-0.1, -0.05) is 43.7 Å². The summed E-state index contributed by atoms with van der Waals surface area (Å²) in [5.74, 6) is 1.36. The number of hydrogen-bond acceptors (Lipinski definition) is 2. The van der Waals surface area contributed by atoms with Gasteiger partial charge in [0.05, 0.1) is 5.92 Å². The van der Waals surface area contributed by atoms with Crippen LogP contribution in [0.5, 0.6) is 0 Å². The van der Waals surface area contributed by atoms with E-state index in [1.165, 1.54) is 18.4 Å². The number of halogens is 1. The molecule has 0 heterocycles. The van der Waals surface area contributed by atoms with Gasteiger partial charge in [0.1, 0.15) is 0 Å². The van der Waals surface area contributed by atoms with Crippen LogP contribution in [-0.2, 0) is 11.2 Å². The fraction of sp³-hybridized carbons (Fsp3) is 0.632. The number of carbonyl (C=O) groups excluding carboxylic acids is 1. The Morgan fingerprint density at radius 3 is 2.57 bits per heavy atom. The predicted molar refractivity (Wildman–Crippen MR) is 96.5 cm³/mol. The lowest BCUT2D eigenvalue weighted by Gasteiger charge is -2.29. The quantitative estimate of drug-likeness (QED) is 0.837. The van der Waals surface area contributed by atoms with Crippen molar-refractivity contribution in [1.82, 2.24) is 5.32 Å². The number of amides is 1. The third-order valence-electron chi connectivity index (χ3n) is 5.59. The van der Waals surface area contributed by atoms with E-state index in [9.17, 15) is 4.79 Å². The lowest BCUT2D eigenvalue weighted by molar-refractivity contribution is -0.127. The van der Waals surface area contributed by atoms with Crippen molar-refractivity contribution in [2.45, 2.75) is 57.5 Å². The number of nitrogens with two attached hydrogens (primary N) is 1. The Morgan fingerprint density at radius 1 is 1.26 bits per heavy atom. The van der Waals surface area contributed by atoms with Crippen molar-refractivity contribution in [3.05, 3.63) is 35.9 Å². The summed E-state index contributed by atoms with van der Waals surface area (Å²) in [7, 11) is 0. The van der Waals surface area contributed by atoms with Gasteiger partial charge in [0.2, 0.25) is 5.91 Å². The first-order valence-corrected chi connectivity index (χ1v) is 8.79. The molecular formula is C19H29ClN2O. The van der Waals surface area contributed by atoms with Gasteiger partial charge in [0, 0.05) is 12.1 Å². The first kappa shape index (κ1) is 18.3. The maximum absolute atomic E-state index is 12.7. The van der Waals surface area contributed by atoms with E-state index in [0.717, 1.165) is 25.7 Å². The smallest absolute Gasteiger partial charge is 0.225 e. The highest BCUT2D eigenvalue weighted by atomic mass is 35.5. The van der Waals surface area contributed by atoms with Crippen molar-refractivity contribution < 1.29 is 4.79 Å². The number of hydrogen-bond donors (Lipinski definition) is 2. The van der Waals surface area contributed by atoms with Crippen LogP contribution in [0.15, 0.2) is 30.3 Å². The van der Waals surface area contributed by atoms with Crippen LogP contribution in [0.3, 0.4) is 0 Å². The first-order chi connectivity index (χ1) is 10.7. The van der Waals surface area contributed by atoms with Crippen molar-refractivity contribution in [2.75, 3.05) is 0 Å². The molecule has 2 bridgehead atoms. The highest BCUT2D eigenvalue weighted by Crippen LogP contribution is 2.47. The Morgan fingerprint density at radius 2 is 1.96 bits per heavy atom. The number of nitrogens with one attached hydrogen (secondary N) is 1. The summed E-state index contributed by atoms with van der Waals surface area (Å²) in [6, 6.07) is 10.7. The number of fused-ring (bicyclic) bond motifs is 2. The molecule has 3 N–H and O–H groups in total. The van der Waals surface area contributed by atoms with Gasteiger partial charge < -0.3 is 11.1 Å². The summed E-state index contributed by atoms with van der Waals surface area (Å²) in [4.78, 5) is 12.7. The minimum atomic E-state index is 0. The fourth-order valence-corrected chi connectivity index (χ4v) is 4.49. The summed E-state index contributed by atoms with van der Waals surface area (Å²) in [5.41, 5.74) is 7.60. The highest BCUT2D eigenvalue weighted by Gasteiger charge is 2.49. The van der Waals surface area contributed by atoms with Crippen molar-refractivity contribution in [3.63, 3.8) is 0 Å². The van der Waals surface area contributed by atoms with Crippen LogP contribution in [0.4, 0.5) is 0 Å². The third kappa shape index (κ3) is 4.07. The Balaban J connectivity index is 0.00000192. The Labute approximate surface area is 145 Å². The Bertz CT molecular complexity index is 505. The van der Waals surface area contributed by atoms with Gasteiger partial charge in [-0.05, 0) is 49.5 Å². The molecule has 0 aromatic heterocycles. The van der Waals surface area contributed by atoms with E-state index in [1.54, 1.807) is 0 Å². The van der Waals surface area contributed by atoms with E-state index >= 15 is 0 Å². The molecule has 3 rings (SSSR count). The largest absolute Gasteiger partial charge is 0.353 e. The molecule has 0 aliphatic heterocycles. The van der Waals surface area contributed by atoms with Gasteiger partial charge in [-0.2, -0.15) is 0 Å². The topological polar surface area (TPSA) is 55.1 Å². The minimum absolute atomic E-state index is 0. The molecule has 2 aliphatic rings. The third-order valence-corrected chi connectivity index (χ3v) is 5.59. The second-order valence-electron chi connectivity index (χ2n) is 7.12. The van der Waals surface area contributed by atoms with Crippen molar-refractivity contribution in [2.24, 2.45) is 23.5 Å². The van der Waals surface area contributed by atoms with Crippen LogP contribution >= 0.6 is 12.4 Å². The molecule has 1 aromatic rings. The number of carbonyl (C=O) groups is 1. The molecule has 2 saturated carbocycles. The SMILES string of the molecule is CCCC(Cc1ccccc1)NC(=O)C1C2CCC(C2)C1N.Cl. The zero-order valence-electron chi connectivity index (χ0n) is 13.9. The van der Waals surface area contributed by atoms with Crippen molar-refractivity contribution in [1.29, 1.82) is 0 Å². The normalized spacial score (nSPS) is 29.8. The van der Waals surface area contributed by atoms with Gasteiger partial charge >= 0.3 is 0 Å². The van der Waals surface area contributed by atoms with Crippen LogP contribution in [0.2, 0.25) is 0 Å². The van der Waals surface area contributed by atoms with Crippen LogP contribution in [-0.4, -0.2) is 18.0 Å². The average Bonchev–Trinajstić information content (AvgIpc) is 3.09. The van der Waals surface area contributed by atoms with Gasteiger partial charge in [-0.15, -0.1) is 12.4 Å². The van der Waals surface area contributed by atoms with Gasteiger partial charge in [0.25, 0.3) is 0 Å². The minimum Gasteiger partial charge on any atom is -0.353 e. The molecule has 3 nitrogen and oxygen atoms in total. The molecule has 2 fully saturated rings. The van der Waals surface area contributed by atoms with Crippen LogP contribution < -0.4 is 11.1 Å². The molecular weight excluding hydrogens is 308 g/mol. The van der Waals surface area contributed by atoms with E-state index in [-0.39, 0.29) is 36.3 Å². The number of benzene rings is 1. The molecule has 5 atom stereocenters. The molecule has 0 radical (unpaired) electrons. The molecule has 1 amide bonds. The summed E-state index contributed by atoms with van der Waals surface area (Å²) < 4.78 is 0. The molecule has 0 saturated heterocycles. The second kappa shape index (κ2) is 8.16. The van der Waals surface area contributed by atoms with Crippen molar-refractivity contribution >= 4 is 18.3 Å². The van der Waals surface area contributed by atoms with Crippen LogP contribution in [0, 0.1) is 17.8 Å². The monoisotopic (exact) mass is 336 g/mol. The summed E-state index contributed by atoms with van der Waals surface area (Å²) in [6.07, 6.45) is 6.59. The Hall–Kier alpha value is -1.06. The zero-order valence-corrected chi connectivity index (χ0v) is 14.7. The maximum atomic E-state index is 12.7. The first-order valence-electron chi connectivity index (χ1n) is 8.79. The molecule has 4 heteroatoms. The van der Waals surface area contributed by atoms with E-state index in [1.807, 2.05) is 6.07 Å². The summed E-state index contributed by atoms with van der Waals surface area (Å²) in [5, 5.41) is 3.30. The average molecular weight is 337 g/mol. The van der Waals surface area contributed by atoms with Crippen LogP contribution in [0.25, 0.3) is 0 Å². The summed E-state index contributed by atoms with van der Waals surface area (Å²) in [6.45, 7) is 2.17. The molecule has 128 valence electrons. The molecule has 1 aromatic carbocycles. The van der Waals surface area contributed by atoms with E-state index in [2.05, 4.69) is 36.5 Å². The maximum Gasteiger partial charge on any atom is 0.225 e. The van der Waals surface area contributed by atoms with E-state index in [0.29, 0.717) is 11.8 Å². The Kier molecular flexibility index (Phi) is 6.49. The van der Waals surface area contributed by atoms with Gasteiger partial charge in [-0.3, -0.25) is 4.79 Å². The second-order valence-corrected chi connectivity index (χ2v) is 7.12. The predicted octanol–water partition coefficient (Wildman–Crippen LogP) is 3.31.